The first-order valence-corrected chi connectivity index (χ1v) is 8.89. The molecule has 0 aromatic carbocycles. The Morgan fingerprint density at radius 2 is 2.14 bits per heavy atom. The fraction of sp³-hybridized carbons (Fsp3) is 0.625. The number of halogens is 1. The molecular weight excluding hydrogens is 318 g/mol. The van der Waals surface area contributed by atoms with E-state index < -0.39 is 0 Å². The molecule has 0 spiro atoms. The highest BCUT2D eigenvalue weighted by molar-refractivity contribution is 7.16. The maximum absolute atomic E-state index is 12.2. The maximum atomic E-state index is 12.2. The van der Waals surface area contributed by atoms with Crippen LogP contribution in [-0.2, 0) is 24.2 Å². The molecule has 1 saturated heterocycles. The van der Waals surface area contributed by atoms with Crippen LogP contribution in [0, 0.1) is 0 Å². The molecule has 0 radical (unpaired) electrons. The Bertz CT molecular complexity index is 625. The van der Waals surface area contributed by atoms with Crippen molar-refractivity contribution in [2.24, 2.45) is 4.99 Å². The number of aryl methyl sites for hydroxylation is 1. The van der Waals surface area contributed by atoms with E-state index in [1.165, 1.54) is 41.7 Å². The van der Waals surface area contributed by atoms with Crippen LogP contribution < -0.4 is 5.32 Å². The number of thiophene rings is 1. The van der Waals surface area contributed by atoms with Gasteiger partial charge in [0.05, 0.1) is 0 Å². The molecule has 1 aliphatic carbocycles. The molecule has 120 valence electrons. The Hall–Kier alpha value is -1.07. The van der Waals surface area contributed by atoms with Crippen LogP contribution in [-0.4, -0.2) is 22.8 Å². The molecule has 4 rings (SSSR count). The van der Waals surface area contributed by atoms with E-state index in [4.69, 9.17) is 4.99 Å². The van der Waals surface area contributed by atoms with Crippen LogP contribution in [0.2, 0.25) is 0 Å². The van der Waals surface area contributed by atoms with Crippen LogP contribution >= 0.6 is 23.7 Å². The predicted molar refractivity (Wildman–Crippen MR) is 92.3 cm³/mol. The molecule has 0 bridgehead atoms. The largest absolute Gasteiger partial charge is 0.326 e. The highest BCUT2D eigenvalue weighted by Crippen LogP contribution is 2.43. The summed E-state index contributed by atoms with van der Waals surface area (Å²) in [6, 6.07) is -0.0176. The van der Waals surface area contributed by atoms with Gasteiger partial charge in [0.2, 0.25) is 11.9 Å². The van der Waals surface area contributed by atoms with E-state index >= 15 is 0 Å². The molecule has 1 N–H and O–H groups in total. The number of guanidine groups is 1. The van der Waals surface area contributed by atoms with Crippen molar-refractivity contribution < 1.29 is 4.79 Å². The van der Waals surface area contributed by atoms with Crippen LogP contribution in [0.4, 0.5) is 5.00 Å². The third-order valence-corrected chi connectivity index (χ3v) is 6.04. The first-order chi connectivity index (χ1) is 10.3. The molecule has 1 atom stereocenters. The Balaban J connectivity index is 0.00000144. The highest BCUT2D eigenvalue weighted by Gasteiger charge is 2.40. The quantitative estimate of drug-likeness (QED) is 0.915. The number of fused-ring (bicyclic) bond motifs is 4. The lowest BCUT2D eigenvalue weighted by atomic mass is 9.95. The first kappa shape index (κ1) is 15.8. The highest BCUT2D eigenvalue weighted by atomic mass is 35.5. The van der Waals surface area contributed by atoms with E-state index in [0.29, 0.717) is 0 Å². The normalized spacial score (nSPS) is 22.2. The number of rotatable bonds is 3. The number of carbonyl (C=O) groups is 1. The molecule has 3 aliphatic rings. The van der Waals surface area contributed by atoms with Crippen molar-refractivity contribution >= 4 is 40.6 Å². The van der Waals surface area contributed by atoms with Crippen molar-refractivity contribution in [1.82, 2.24) is 10.2 Å². The van der Waals surface area contributed by atoms with Crippen LogP contribution in [0.1, 0.15) is 55.0 Å². The lowest BCUT2D eigenvalue weighted by molar-refractivity contribution is -0.121. The Labute approximate surface area is 141 Å². The van der Waals surface area contributed by atoms with Gasteiger partial charge in [-0.3, -0.25) is 10.1 Å². The van der Waals surface area contributed by atoms with Gasteiger partial charge in [-0.1, -0.05) is 19.8 Å². The Morgan fingerprint density at radius 1 is 1.32 bits per heavy atom. The van der Waals surface area contributed by atoms with E-state index in [2.05, 4.69) is 17.1 Å². The zero-order valence-electron chi connectivity index (χ0n) is 12.9. The number of nitrogens with one attached hydrogen (secondary N) is 1. The molecule has 22 heavy (non-hydrogen) atoms. The second-order valence-electron chi connectivity index (χ2n) is 6.21. The van der Waals surface area contributed by atoms with E-state index in [9.17, 15) is 4.79 Å². The van der Waals surface area contributed by atoms with Crippen LogP contribution in [0.5, 0.6) is 0 Å². The van der Waals surface area contributed by atoms with Gasteiger partial charge in [-0.05, 0) is 37.7 Å². The Kier molecular flexibility index (Phi) is 4.46. The number of hydrogen-bond donors (Lipinski definition) is 1. The summed E-state index contributed by atoms with van der Waals surface area (Å²) in [5, 5.41) is 4.12. The summed E-state index contributed by atoms with van der Waals surface area (Å²) < 4.78 is 0. The average Bonchev–Trinajstić information content (AvgIpc) is 2.99. The van der Waals surface area contributed by atoms with Crippen molar-refractivity contribution in [1.29, 1.82) is 0 Å². The number of hydrogen-bond acceptors (Lipinski definition) is 4. The van der Waals surface area contributed by atoms with Crippen LogP contribution in [0.3, 0.4) is 0 Å². The van der Waals surface area contributed by atoms with E-state index in [-0.39, 0.29) is 24.4 Å². The molecule has 2 aliphatic heterocycles. The minimum absolute atomic E-state index is 0. The maximum Gasteiger partial charge on any atom is 0.249 e. The number of nitrogens with zero attached hydrogens (tertiary/aromatic N) is 2. The van der Waals surface area contributed by atoms with Gasteiger partial charge in [-0.15, -0.1) is 23.7 Å². The summed E-state index contributed by atoms with van der Waals surface area (Å²) in [4.78, 5) is 20.7. The zero-order chi connectivity index (χ0) is 14.4. The molecule has 1 unspecified atom stereocenters. The van der Waals surface area contributed by atoms with Gasteiger partial charge in [-0.2, -0.15) is 0 Å². The summed E-state index contributed by atoms with van der Waals surface area (Å²) >= 11 is 1.84. The zero-order valence-corrected chi connectivity index (χ0v) is 14.5. The van der Waals surface area contributed by atoms with Crippen LogP contribution in [0.25, 0.3) is 0 Å². The van der Waals surface area contributed by atoms with Gasteiger partial charge < -0.3 is 4.90 Å². The van der Waals surface area contributed by atoms with Gasteiger partial charge in [0.25, 0.3) is 0 Å². The molecule has 1 amide bonds. The van der Waals surface area contributed by atoms with Gasteiger partial charge in [0.15, 0.2) is 0 Å². The van der Waals surface area contributed by atoms with Crippen molar-refractivity contribution in [3.05, 3.63) is 16.0 Å². The van der Waals surface area contributed by atoms with E-state index in [1.807, 2.05) is 11.3 Å². The number of unbranched alkanes of at least 4 members (excludes halogenated alkanes) is 1. The van der Waals surface area contributed by atoms with Crippen molar-refractivity contribution in [3.63, 3.8) is 0 Å². The average molecular weight is 340 g/mol. The summed E-state index contributed by atoms with van der Waals surface area (Å²) in [5.41, 5.74) is 2.94. The monoisotopic (exact) mass is 339 g/mol. The van der Waals surface area contributed by atoms with Crippen molar-refractivity contribution in [2.45, 2.75) is 64.5 Å². The standard InChI is InChI=1S/C16H21N3OS.ClH/c1-2-3-7-12-14(20)17-16-18-15-11(9-19(12)16)10-6-4-5-8-13(10)21-15;/h12H,2-9H2,1H3,(H,17,18,20);1H. The molecule has 6 heteroatoms. The summed E-state index contributed by atoms with van der Waals surface area (Å²) in [6.45, 7) is 3.04. The molecular formula is C16H22ClN3OS. The summed E-state index contributed by atoms with van der Waals surface area (Å²) in [7, 11) is 0. The Morgan fingerprint density at radius 3 is 2.95 bits per heavy atom. The molecule has 4 nitrogen and oxygen atoms in total. The van der Waals surface area contributed by atoms with Crippen LogP contribution in [0.15, 0.2) is 4.99 Å². The number of aliphatic imine (C=N–C) groups is 1. The van der Waals surface area contributed by atoms with E-state index in [0.717, 1.165) is 36.8 Å². The fourth-order valence-electron chi connectivity index (χ4n) is 3.65. The summed E-state index contributed by atoms with van der Waals surface area (Å²) in [5.74, 6) is 0.915. The lowest BCUT2D eigenvalue weighted by Gasteiger charge is -2.27. The van der Waals surface area contributed by atoms with Crippen molar-refractivity contribution in [3.8, 4) is 0 Å². The molecule has 0 saturated carbocycles. The van der Waals surface area contributed by atoms with Gasteiger partial charge >= 0.3 is 0 Å². The molecule has 1 fully saturated rings. The number of amides is 1. The van der Waals surface area contributed by atoms with Gasteiger partial charge in [0, 0.05) is 17.0 Å². The molecule has 1 aromatic heterocycles. The smallest absolute Gasteiger partial charge is 0.249 e. The van der Waals surface area contributed by atoms with Crippen molar-refractivity contribution in [2.75, 3.05) is 0 Å². The third-order valence-electron chi connectivity index (χ3n) is 4.81. The minimum atomic E-state index is -0.0176. The third kappa shape index (κ3) is 2.44. The first-order valence-electron chi connectivity index (χ1n) is 8.07. The summed E-state index contributed by atoms with van der Waals surface area (Å²) in [6.07, 6.45) is 8.17. The van der Waals surface area contributed by atoms with Gasteiger partial charge in [-0.25, -0.2) is 4.99 Å². The fourth-order valence-corrected chi connectivity index (χ4v) is 4.92. The second kappa shape index (κ2) is 6.20. The molecule has 1 aromatic rings. The number of carbonyl (C=O) groups excluding carboxylic acids is 1. The predicted octanol–water partition coefficient (Wildman–Crippen LogP) is 3.54. The second-order valence-corrected chi connectivity index (χ2v) is 7.29. The van der Waals surface area contributed by atoms with Gasteiger partial charge in [0.1, 0.15) is 11.0 Å². The molecule has 3 heterocycles. The van der Waals surface area contributed by atoms with E-state index in [1.54, 1.807) is 0 Å². The minimum Gasteiger partial charge on any atom is -0.326 e. The topological polar surface area (TPSA) is 44.7 Å². The SMILES string of the molecule is CCCCC1C(=O)NC2=Nc3sc4c(c3CN21)CCCC4.Cl. The lowest BCUT2D eigenvalue weighted by Crippen LogP contribution is -2.37.